The molecule has 134 valence electrons. The maximum atomic E-state index is 13.8. The number of aliphatic hydroxyl groups excluding tert-OH is 1. The molecule has 0 spiro atoms. The monoisotopic (exact) mass is 349 g/mol. The summed E-state index contributed by atoms with van der Waals surface area (Å²) in [6, 6.07) is 5.38. The highest BCUT2D eigenvalue weighted by Gasteiger charge is 2.28. The van der Waals surface area contributed by atoms with Crippen LogP contribution in [0.15, 0.2) is 30.5 Å². The summed E-state index contributed by atoms with van der Waals surface area (Å²) in [5.41, 5.74) is 0.904. The number of methoxy groups -OCH3 is 1. The number of aliphatic hydroxyl groups is 1. The first kappa shape index (κ1) is 17.7. The predicted octanol–water partition coefficient (Wildman–Crippen LogP) is 2.71. The van der Waals surface area contributed by atoms with Crippen LogP contribution in [-0.4, -0.2) is 40.2 Å². The maximum Gasteiger partial charge on any atom is 0.316 e. The van der Waals surface area contributed by atoms with Gasteiger partial charge in [0.1, 0.15) is 11.6 Å². The van der Waals surface area contributed by atoms with E-state index in [2.05, 4.69) is 14.9 Å². The molecule has 1 aromatic heterocycles. The molecule has 1 saturated heterocycles. The summed E-state index contributed by atoms with van der Waals surface area (Å²) in [6.07, 6.45) is 2.08. The number of ether oxygens (including phenoxy) is 1. The highest BCUT2D eigenvalue weighted by atomic mass is 19.1. The molecule has 0 bridgehead atoms. The number of hydrogen-bond acceptors (Lipinski definition) is 5. The van der Waals surface area contributed by atoms with Crippen LogP contribution >= 0.6 is 0 Å². The Labute approximate surface area is 145 Å². The molecule has 1 N–H and O–H groups in total. The molecule has 0 radical (unpaired) electrons. The van der Waals surface area contributed by atoms with E-state index in [1.54, 1.807) is 6.20 Å². The normalized spacial score (nSPS) is 17.4. The van der Waals surface area contributed by atoms with Gasteiger partial charge in [-0.2, -0.15) is 4.98 Å². The molecule has 2 heterocycles. The molecule has 1 unspecified atom stereocenters. The van der Waals surface area contributed by atoms with E-state index in [0.717, 1.165) is 37.0 Å². The van der Waals surface area contributed by atoms with Gasteiger partial charge in [-0.05, 0) is 56.1 Å². The van der Waals surface area contributed by atoms with Gasteiger partial charge in [-0.25, -0.2) is 13.8 Å². The zero-order chi connectivity index (χ0) is 17.8. The first-order chi connectivity index (χ1) is 12.1. The van der Waals surface area contributed by atoms with Gasteiger partial charge in [0.25, 0.3) is 0 Å². The van der Waals surface area contributed by atoms with E-state index in [1.807, 2.05) is 6.07 Å². The van der Waals surface area contributed by atoms with Crippen LogP contribution in [0.4, 0.5) is 8.78 Å². The molecule has 2 aromatic rings. The van der Waals surface area contributed by atoms with Crippen molar-refractivity contribution in [3.05, 3.63) is 53.4 Å². The van der Waals surface area contributed by atoms with Crippen molar-refractivity contribution in [2.75, 3.05) is 20.2 Å². The Morgan fingerprint density at radius 2 is 2.04 bits per heavy atom. The number of nitrogens with zero attached hydrogens (tertiary/aromatic N) is 3. The Morgan fingerprint density at radius 3 is 2.76 bits per heavy atom. The van der Waals surface area contributed by atoms with Gasteiger partial charge in [-0.3, -0.25) is 4.90 Å². The molecule has 3 rings (SSSR count). The molecule has 1 aromatic carbocycles. The van der Waals surface area contributed by atoms with Crippen LogP contribution < -0.4 is 4.74 Å². The van der Waals surface area contributed by atoms with Crippen molar-refractivity contribution in [3.63, 3.8) is 0 Å². The summed E-state index contributed by atoms with van der Waals surface area (Å²) < 4.78 is 32.2. The zero-order valence-corrected chi connectivity index (χ0v) is 14.0. The lowest BCUT2D eigenvalue weighted by Crippen LogP contribution is -2.35. The quantitative estimate of drug-likeness (QED) is 0.899. The number of likely N-dealkylation sites (tertiary alicyclic amines) is 1. The van der Waals surface area contributed by atoms with Crippen LogP contribution in [0.1, 0.15) is 30.2 Å². The summed E-state index contributed by atoms with van der Waals surface area (Å²) >= 11 is 0. The number of aromatic nitrogens is 2. The Hall–Kier alpha value is -2.12. The predicted molar refractivity (Wildman–Crippen MR) is 87.9 cm³/mol. The fraction of sp³-hybridized carbons (Fsp3) is 0.444. The average Bonchev–Trinajstić information content (AvgIpc) is 2.64. The Kier molecular flexibility index (Phi) is 5.55. The molecule has 0 aliphatic carbocycles. The van der Waals surface area contributed by atoms with E-state index < -0.39 is 17.7 Å². The summed E-state index contributed by atoms with van der Waals surface area (Å²) in [6.45, 7) is 2.17. The smallest absolute Gasteiger partial charge is 0.316 e. The molecule has 1 aliphatic rings. The minimum atomic E-state index is -0.989. The molecule has 25 heavy (non-hydrogen) atoms. The van der Waals surface area contributed by atoms with E-state index in [9.17, 15) is 13.9 Å². The fourth-order valence-corrected chi connectivity index (χ4v) is 3.21. The van der Waals surface area contributed by atoms with Crippen LogP contribution in [0, 0.1) is 17.6 Å². The van der Waals surface area contributed by atoms with E-state index in [1.165, 1.54) is 7.11 Å². The van der Waals surface area contributed by atoms with Gasteiger partial charge in [0.15, 0.2) is 0 Å². The third-order valence-corrected chi connectivity index (χ3v) is 4.61. The Morgan fingerprint density at radius 1 is 1.28 bits per heavy atom. The van der Waals surface area contributed by atoms with Crippen LogP contribution in [-0.2, 0) is 6.54 Å². The minimum Gasteiger partial charge on any atom is -0.467 e. The standard InChI is InChI=1S/C18H21F2N3O2/c1-25-18-21-7-4-14(22-18)11-23-8-5-12(6-9-23)17(24)15-10-13(19)2-3-16(15)20/h2-4,7,10,12,17,24H,5-6,8-9,11H2,1H3. The number of rotatable bonds is 5. The molecule has 1 aliphatic heterocycles. The Balaban J connectivity index is 1.58. The average molecular weight is 349 g/mol. The van der Waals surface area contributed by atoms with Gasteiger partial charge in [0, 0.05) is 18.3 Å². The van der Waals surface area contributed by atoms with Gasteiger partial charge < -0.3 is 9.84 Å². The summed E-state index contributed by atoms with van der Waals surface area (Å²) in [5, 5.41) is 10.4. The van der Waals surface area contributed by atoms with E-state index in [-0.39, 0.29) is 11.5 Å². The maximum absolute atomic E-state index is 13.8. The van der Waals surface area contributed by atoms with Crippen molar-refractivity contribution < 1.29 is 18.6 Å². The molecule has 0 saturated carbocycles. The minimum absolute atomic E-state index is 0.0407. The third-order valence-electron chi connectivity index (χ3n) is 4.61. The zero-order valence-electron chi connectivity index (χ0n) is 14.0. The van der Waals surface area contributed by atoms with Crippen molar-refractivity contribution in [1.29, 1.82) is 0 Å². The van der Waals surface area contributed by atoms with Crippen molar-refractivity contribution in [3.8, 4) is 6.01 Å². The van der Waals surface area contributed by atoms with E-state index in [4.69, 9.17) is 4.74 Å². The second-order valence-corrected chi connectivity index (χ2v) is 6.26. The van der Waals surface area contributed by atoms with Crippen molar-refractivity contribution >= 4 is 0 Å². The molecule has 0 amide bonds. The van der Waals surface area contributed by atoms with Gasteiger partial charge in [-0.15, -0.1) is 0 Å². The fourth-order valence-electron chi connectivity index (χ4n) is 3.21. The SMILES string of the molecule is COc1nccc(CN2CCC(C(O)c3cc(F)ccc3F)CC2)n1. The van der Waals surface area contributed by atoms with E-state index in [0.29, 0.717) is 25.4 Å². The molecule has 1 fully saturated rings. The highest BCUT2D eigenvalue weighted by molar-refractivity contribution is 5.22. The first-order valence-electron chi connectivity index (χ1n) is 8.28. The van der Waals surface area contributed by atoms with Gasteiger partial charge in [0.2, 0.25) is 0 Å². The van der Waals surface area contributed by atoms with Crippen LogP contribution in [0.3, 0.4) is 0 Å². The highest BCUT2D eigenvalue weighted by Crippen LogP contribution is 2.32. The van der Waals surface area contributed by atoms with Crippen LogP contribution in [0.5, 0.6) is 6.01 Å². The largest absolute Gasteiger partial charge is 0.467 e. The lowest BCUT2D eigenvalue weighted by atomic mass is 9.87. The molecular weight excluding hydrogens is 328 g/mol. The Bertz CT molecular complexity index is 721. The molecule has 1 atom stereocenters. The van der Waals surface area contributed by atoms with Crippen molar-refractivity contribution in [2.45, 2.75) is 25.5 Å². The first-order valence-corrected chi connectivity index (χ1v) is 8.28. The second-order valence-electron chi connectivity index (χ2n) is 6.26. The number of halogens is 2. The number of piperidine rings is 1. The summed E-state index contributed by atoms with van der Waals surface area (Å²) in [4.78, 5) is 10.5. The van der Waals surface area contributed by atoms with E-state index >= 15 is 0 Å². The lowest BCUT2D eigenvalue weighted by molar-refractivity contribution is 0.0538. The lowest BCUT2D eigenvalue weighted by Gasteiger charge is -2.34. The van der Waals surface area contributed by atoms with Gasteiger partial charge >= 0.3 is 6.01 Å². The molecule has 7 heteroatoms. The van der Waals surface area contributed by atoms with Gasteiger partial charge in [-0.1, -0.05) is 0 Å². The van der Waals surface area contributed by atoms with Crippen LogP contribution in [0.2, 0.25) is 0 Å². The number of benzene rings is 1. The molecule has 5 nitrogen and oxygen atoms in total. The van der Waals surface area contributed by atoms with Gasteiger partial charge in [0.05, 0.1) is 18.9 Å². The topological polar surface area (TPSA) is 58.5 Å². The molecular formula is C18H21F2N3O2. The third kappa shape index (κ3) is 4.29. The second kappa shape index (κ2) is 7.84. The summed E-state index contributed by atoms with van der Waals surface area (Å²) in [7, 11) is 1.53. The van der Waals surface area contributed by atoms with Crippen LogP contribution in [0.25, 0.3) is 0 Å². The van der Waals surface area contributed by atoms with Crippen molar-refractivity contribution in [2.24, 2.45) is 5.92 Å². The van der Waals surface area contributed by atoms with Crippen molar-refractivity contribution in [1.82, 2.24) is 14.9 Å². The number of hydrogen-bond donors (Lipinski definition) is 1. The summed E-state index contributed by atoms with van der Waals surface area (Å²) in [5.74, 6) is -1.19.